The number of nitrogens with zero attached hydrogens (tertiary/aromatic N) is 3. The summed E-state index contributed by atoms with van der Waals surface area (Å²) in [7, 11) is 0. The van der Waals surface area contributed by atoms with Crippen LogP contribution in [0.2, 0.25) is 0 Å². The molecule has 2 heterocycles. The fourth-order valence-electron chi connectivity index (χ4n) is 3.79. The Morgan fingerprint density at radius 2 is 2.08 bits per heavy atom. The molecule has 0 bridgehead atoms. The van der Waals surface area contributed by atoms with Crippen molar-refractivity contribution < 1.29 is 14.8 Å². The third-order valence-corrected chi connectivity index (χ3v) is 5.02. The molecule has 1 aromatic rings. The molecule has 2 aliphatic heterocycles. The van der Waals surface area contributed by atoms with Gasteiger partial charge in [-0.2, -0.15) is 0 Å². The van der Waals surface area contributed by atoms with Gasteiger partial charge in [0.15, 0.2) is 0 Å². The van der Waals surface area contributed by atoms with Crippen LogP contribution in [-0.2, 0) is 0 Å². The lowest BCUT2D eigenvalue weighted by Gasteiger charge is -2.22. The molecule has 0 spiro atoms. The zero-order valence-corrected chi connectivity index (χ0v) is 14.5. The van der Waals surface area contributed by atoms with Crippen molar-refractivity contribution in [2.24, 2.45) is 5.92 Å². The summed E-state index contributed by atoms with van der Waals surface area (Å²) in [6, 6.07) is 6.06. The molecule has 1 aromatic carbocycles. The third-order valence-electron chi connectivity index (χ3n) is 5.02. The summed E-state index contributed by atoms with van der Waals surface area (Å²) in [5.74, 6) is 1.12. The molecule has 0 aromatic heterocycles. The molecule has 0 amide bonds. The van der Waals surface area contributed by atoms with Crippen molar-refractivity contribution in [3.8, 4) is 5.75 Å². The molecule has 25 heavy (non-hydrogen) atoms. The van der Waals surface area contributed by atoms with Crippen LogP contribution < -0.4 is 4.74 Å². The van der Waals surface area contributed by atoms with E-state index in [9.17, 15) is 15.2 Å². The van der Waals surface area contributed by atoms with Crippen LogP contribution >= 0.6 is 0 Å². The molecule has 138 valence electrons. The van der Waals surface area contributed by atoms with Crippen LogP contribution in [-0.4, -0.2) is 71.8 Å². The fourth-order valence-corrected chi connectivity index (χ4v) is 3.79. The number of hydrogen-bond acceptors (Lipinski definition) is 6. The molecular formula is C18H27N3O4. The summed E-state index contributed by atoms with van der Waals surface area (Å²) in [5, 5.41) is 21.0. The van der Waals surface area contributed by atoms with Crippen molar-refractivity contribution in [1.29, 1.82) is 0 Å². The van der Waals surface area contributed by atoms with Gasteiger partial charge in [0.2, 0.25) is 0 Å². The third kappa shape index (κ3) is 5.39. The Labute approximate surface area is 148 Å². The van der Waals surface area contributed by atoms with Crippen LogP contribution in [0.4, 0.5) is 5.69 Å². The van der Waals surface area contributed by atoms with E-state index in [0.717, 1.165) is 13.1 Å². The number of aliphatic hydroxyl groups excluding tert-OH is 1. The van der Waals surface area contributed by atoms with Gasteiger partial charge in [-0.1, -0.05) is 6.07 Å². The van der Waals surface area contributed by atoms with Crippen LogP contribution in [0.25, 0.3) is 0 Å². The number of hydrogen-bond donors (Lipinski definition) is 1. The second-order valence-corrected chi connectivity index (χ2v) is 7.14. The van der Waals surface area contributed by atoms with Gasteiger partial charge in [0.05, 0.1) is 11.0 Å². The SMILES string of the molecule is O=[N+]([O-])c1cccc(OCC(O)CN2CCC(CN3CCCC3)C2)c1. The quantitative estimate of drug-likeness (QED) is 0.569. The van der Waals surface area contributed by atoms with Gasteiger partial charge in [-0.3, -0.25) is 10.1 Å². The first-order valence-corrected chi connectivity index (χ1v) is 9.10. The number of β-amino-alcohol motifs (C(OH)–C–C–N with tert-alkyl or cyclic N) is 1. The van der Waals surface area contributed by atoms with E-state index in [1.807, 2.05) is 0 Å². The molecule has 0 aliphatic carbocycles. The first-order chi connectivity index (χ1) is 12.1. The Hall–Kier alpha value is -1.70. The number of nitro benzene ring substituents is 1. The highest BCUT2D eigenvalue weighted by Gasteiger charge is 2.26. The lowest BCUT2D eigenvalue weighted by atomic mass is 10.1. The van der Waals surface area contributed by atoms with Crippen molar-refractivity contribution >= 4 is 5.69 Å². The lowest BCUT2D eigenvalue weighted by molar-refractivity contribution is -0.384. The highest BCUT2D eigenvalue weighted by atomic mass is 16.6. The first-order valence-electron chi connectivity index (χ1n) is 9.10. The Kier molecular flexibility index (Phi) is 6.23. The summed E-state index contributed by atoms with van der Waals surface area (Å²) < 4.78 is 5.51. The molecule has 7 nitrogen and oxygen atoms in total. The van der Waals surface area contributed by atoms with Crippen LogP contribution in [0.3, 0.4) is 0 Å². The standard InChI is InChI=1S/C18H27N3O4/c22-17(14-25-18-5-3-4-16(10-18)21(23)24)13-20-9-6-15(12-20)11-19-7-1-2-8-19/h3-5,10,15,17,22H,1-2,6-9,11-14H2. The van der Waals surface area contributed by atoms with Crippen molar-refractivity contribution in [3.05, 3.63) is 34.4 Å². The van der Waals surface area contributed by atoms with Crippen molar-refractivity contribution in [2.45, 2.75) is 25.4 Å². The van der Waals surface area contributed by atoms with Crippen molar-refractivity contribution in [2.75, 3.05) is 45.9 Å². The summed E-state index contributed by atoms with van der Waals surface area (Å²) >= 11 is 0. The Morgan fingerprint density at radius 3 is 2.84 bits per heavy atom. The van der Waals surface area contributed by atoms with Crippen molar-refractivity contribution in [3.63, 3.8) is 0 Å². The summed E-state index contributed by atoms with van der Waals surface area (Å²) in [5.41, 5.74) is -0.00344. The van der Waals surface area contributed by atoms with Gasteiger partial charge < -0.3 is 19.6 Å². The van der Waals surface area contributed by atoms with E-state index in [2.05, 4.69) is 9.80 Å². The predicted molar refractivity (Wildman–Crippen MR) is 94.8 cm³/mol. The lowest BCUT2D eigenvalue weighted by Crippen LogP contribution is -2.35. The number of ether oxygens (including phenoxy) is 1. The molecule has 7 heteroatoms. The highest BCUT2D eigenvalue weighted by Crippen LogP contribution is 2.21. The number of nitro groups is 1. The van der Waals surface area contributed by atoms with E-state index in [-0.39, 0.29) is 12.3 Å². The van der Waals surface area contributed by atoms with Gasteiger partial charge in [-0.15, -0.1) is 0 Å². The average molecular weight is 349 g/mol. The molecule has 2 aliphatic rings. The average Bonchev–Trinajstić information content (AvgIpc) is 3.26. The second kappa shape index (κ2) is 8.60. The van der Waals surface area contributed by atoms with E-state index in [1.54, 1.807) is 12.1 Å². The van der Waals surface area contributed by atoms with Gasteiger partial charge in [0.1, 0.15) is 18.5 Å². The van der Waals surface area contributed by atoms with Crippen molar-refractivity contribution in [1.82, 2.24) is 9.80 Å². The molecule has 2 atom stereocenters. The number of benzene rings is 1. The molecule has 3 rings (SSSR count). The number of rotatable bonds is 8. The number of non-ortho nitro benzene ring substituents is 1. The van der Waals surface area contributed by atoms with E-state index in [0.29, 0.717) is 18.2 Å². The first kappa shape index (κ1) is 18.1. The van der Waals surface area contributed by atoms with E-state index >= 15 is 0 Å². The van der Waals surface area contributed by atoms with Crippen LogP contribution in [0, 0.1) is 16.0 Å². The minimum atomic E-state index is -0.593. The van der Waals surface area contributed by atoms with Gasteiger partial charge in [-0.25, -0.2) is 0 Å². The Morgan fingerprint density at radius 1 is 1.28 bits per heavy atom. The number of aliphatic hydroxyl groups is 1. The monoisotopic (exact) mass is 349 g/mol. The van der Waals surface area contributed by atoms with Crippen LogP contribution in [0.1, 0.15) is 19.3 Å². The molecule has 2 saturated heterocycles. The highest BCUT2D eigenvalue weighted by molar-refractivity contribution is 5.37. The zero-order valence-electron chi connectivity index (χ0n) is 14.5. The summed E-state index contributed by atoms with van der Waals surface area (Å²) in [6.07, 6.45) is 3.24. The van der Waals surface area contributed by atoms with E-state index in [1.165, 1.54) is 51.0 Å². The molecule has 0 radical (unpaired) electrons. The van der Waals surface area contributed by atoms with Gasteiger partial charge in [0, 0.05) is 25.7 Å². The fraction of sp³-hybridized carbons (Fsp3) is 0.667. The molecule has 2 unspecified atom stereocenters. The van der Waals surface area contributed by atoms with Crippen LogP contribution in [0.15, 0.2) is 24.3 Å². The smallest absolute Gasteiger partial charge is 0.273 e. The Balaban J connectivity index is 1.38. The molecule has 0 saturated carbocycles. The molecular weight excluding hydrogens is 322 g/mol. The summed E-state index contributed by atoms with van der Waals surface area (Å²) in [6.45, 7) is 6.43. The molecule has 2 fully saturated rings. The molecule has 1 N–H and O–H groups in total. The summed E-state index contributed by atoms with van der Waals surface area (Å²) in [4.78, 5) is 15.2. The maximum Gasteiger partial charge on any atom is 0.273 e. The predicted octanol–water partition coefficient (Wildman–Crippen LogP) is 1.75. The van der Waals surface area contributed by atoms with Gasteiger partial charge in [-0.05, 0) is 50.9 Å². The maximum atomic E-state index is 10.8. The van der Waals surface area contributed by atoms with Gasteiger partial charge in [0.25, 0.3) is 5.69 Å². The Bertz CT molecular complexity index is 577. The largest absolute Gasteiger partial charge is 0.491 e. The number of likely N-dealkylation sites (tertiary alicyclic amines) is 2. The normalized spacial score (nSPS) is 23.0. The topological polar surface area (TPSA) is 79.1 Å². The van der Waals surface area contributed by atoms with E-state index in [4.69, 9.17) is 4.74 Å². The minimum Gasteiger partial charge on any atom is -0.491 e. The van der Waals surface area contributed by atoms with Gasteiger partial charge >= 0.3 is 0 Å². The second-order valence-electron chi connectivity index (χ2n) is 7.14. The van der Waals surface area contributed by atoms with E-state index < -0.39 is 11.0 Å². The zero-order chi connectivity index (χ0) is 17.6. The maximum absolute atomic E-state index is 10.8. The minimum absolute atomic E-state index is 0.00344. The van der Waals surface area contributed by atoms with Crippen LogP contribution in [0.5, 0.6) is 5.75 Å².